The molecule has 150 valence electrons. The molecule has 0 aliphatic heterocycles. The maximum Gasteiger partial charge on any atom is 0.251 e. The van der Waals surface area contributed by atoms with Crippen LogP contribution in [-0.4, -0.2) is 5.91 Å². The monoisotopic (exact) mass is 407 g/mol. The van der Waals surface area contributed by atoms with Gasteiger partial charge >= 0.3 is 0 Å². The predicted molar refractivity (Wildman–Crippen MR) is 119 cm³/mol. The van der Waals surface area contributed by atoms with Crippen LogP contribution < -0.4 is 10.1 Å². The highest BCUT2D eigenvalue weighted by atomic mass is 35.5. The minimum Gasteiger partial charge on any atom is -0.489 e. The standard InChI is InChI=1S/C25H26ClNO2/c1-4-24(19-13-12-17(2)18(3)14-19)27-25(28)20-9-7-10-22(15-20)29-16-21-8-5-6-11-23(21)26/h5-15,24H,4,16H2,1-3H3,(H,27,28)/t24-/m1/s1. The molecule has 29 heavy (non-hydrogen) atoms. The van der Waals surface area contributed by atoms with Crippen molar-refractivity contribution in [2.75, 3.05) is 0 Å². The Labute approximate surface area is 177 Å². The van der Waals surface area contributed by atoms with Crippen LogP contribution in [0.1, 0.15) is 52.0 Å². The smallest absolute Gasteiger partial charge is 0.251 e. The number of hydrogen-bond donors (Lipinski definition) is 1. The van der Waals surface area contributed by atoms with Crippen LogP contribution in [0, 0.1) is 13.8 Å². The molecule has 1 N–H and O–H groups in total. The highest BCUT2D eigenvalue weighted by Crippen LogP contribution is 2.22. The third-order valence-corrected chi connectivity index (χ3v) is 5.46. The number of ether oxygens (including phenoxy) is 1. The fraction of sp³-hybridized carbons (Fsp3) is 0.240. The number of amides is 1. The molecule has 0 saturated heterocycles. The van der Waals surface area contributed by atoms with E-state index in [2.05, 4.69) is 44.3 Å². The van der Waals surface area contributed by atoms with Gasteiger partial charge in [0.2, 0.25) is 0 Å². The van der Waals surface area contributed by atoms with Crippen LogP contribution in [0.2, 0.25) is 5.02 Å². The van der Waals surface area contributed by atoms with Crippen molar-refractivity contribution >= 4 is 17.5 Å². The molecule has 1 atom stereocenters. The largest absolute Gasteiger partial charge is 0.489 e. The van der Waals surface area contributed by atoms with Gasteiger partial charge in [-0.05, 0) is 61.2 Å². The summed E-state index contributed by atoms with van der Waals surface area (Å²) in [5.74, 6) is 0.523. The molecule has 0 aliphatic carbocycles. The minimum atomic E-state index is -0.113. The number of carbonyl (C=O) groups is 1. The van der Waals surface area contributed by atoms with Crippen LogP contribution >= 0.6 is 11.6 Å². The lowest BCUT2D eigenvalue weighted by Crippen LogP contribution is -2.28. The molecule has 3 nitrogen and oxygen atoms in total. The van der Waals surface area contributed by atoms with Gasteiger partial charge in [-0.25, -0.2) is 0 Å². The fourth-order valence-corrected chi connectivity index (χ4v) is 3.34. The first-order valence-electron chi connectivity index (χ1n) is 9.82. The molecule has 1 amide bonds. The van der Waals surface area contributed by atoms with E-state index in [0.29, 0.717) is 22.9 Å². The quantitative estimate of drug-likeness (QED) is 0.491. The predicted octanol–water partition coefficient (Wildman–Crippen LogP) is 6.42. The number of hydrogen-bond acceptors (Lipinski definition) is 2. The van der Waals surface area contributed by atoms with E-state index < -0.39 is 0 Å². The Balaban J connectivity index is 1.69. The Kier molecular flexibility index (Phi) is 6.95. The zero-order chi connectivity index (χ0) is 20.8. The first kappa shape index (κ1) is 20.9. The van der Waals surface area contributed by atoms with Crippen LogP contribution in [0.15, 0.2) is 66.7 Å². The molecule has 0 fully saturated rings. The first-order valence-corrected chi connectivity index (χ1v) is 10.2. The van der Waals surface area contributed by atoms with Gasteiger partial charge in [-0.1, -0.05) is 61.0 Å². The number of aryl methyl sites for hydroxylation is 2. The number of carbonyl (C=O) groups excluding carboxylic acids is 1. The SMILES string of the molecule is CC[C@@H](NC(=O)c1cccc(OCc2ccccc2Cl)c1)c1ccc(C)c(C)c1. The number of benzene rings is 3. The van der Waals surface area contributed by atoms with Crippen LogP contribution in [-0.2, 0) is 6.61 Å². The Morgan fingerprint density at radius 3 is 2.52 bits per heavy atom. The molecule has 0 spiro atoms. The lowest BCUT2D eigenvalue weighted by Gasteiger charge is -2.19. The van der Waals surface area contributed by atoms with Gasteiger partial charge in [0.05, 0.1) is 6.04 Å². The summed E-state index contributed by atoms with van der Waals surface area (Å²) in [4.78, 5) is 12.8. The summed E-state index contributed by atoms with van der Waals surface area (Å²) in [5.41, 5.74) is 5.08. The lowest BCUT2D eigenvalue weighted by molar-refractivity contribution is 0.0935. The molecular formula is C25H26ClNO2. The van der Waals surface area contributed by atoms with Crippen LogP contribution in [0.5, 0.6) is 5.75 Å². The van der Waals surface area contributed by atoms with E-state index in [4.69, 9.17) is 16.3 Å². The van der Waals surface area contributed by atoms with E-state index in [-0.39, 0.29) is 11.9 Å². The fourth-order valence-electron chi connectivity index (χ4n) is 3.15. The topological polar surface area (TPSA) is 38.3 Å². The summed E-state index contributed by atoms with van der Waals surface area (Å²) >= 11 is 6.18. The molecule has 0 aliphatic rings. The maximum atomic E-state index is 12.8. The molecule has 0 saturated carbocycles. The van der Waals surface area contributed by atoms with Crippen LogP contribution in [0.3, 0.4) is 0 Å². The normalized spacial score (nSPS) is 11.7. The number of rotatable bonds is 7. The molecule has 0 aromatic heterocycles. The third kappa shape index (κ3) is 5.39. The van der Waals surface area contributed by atoms with Gasteiger partial charge in [0, 0.05) is 16.1 Å². The van der Waals surface area contributed by atoms with Gasteiger partial charge < -0.3 is 10.1 Å². The molecule has 0 unspecified atom stereocenters. The van der Waals surface area contributed by atoms with Gasteiger partial charge in [-0.3, -0.25) is 4.79 Å². The van der Waals surface area contributed by atoms with Crippen molar-refractivity contribution in [2.45, 2.75) is 39.8 Å². The van der Waals surface area contributed by atoms with Crippen molar-refractivity contribution in [2.24, 2.45) is 0 Å². The van der Waals surface area contributed by atoms with Gasteiger partial charge in [0.1, 0.15) is 12.4 Å². The third-order valence-electron chi connectivity index (χ3n) is 5.10. The Hall–Kier alpha value is -2.78. The summed E-state index contributed by atoms with van der Waals surface area (Å²) in [6, 6.07) is 21.1. The van der Waals surface area contributed by atoms with Gasteiger partial charge in [-0.15, -0.1) is 0 Å². The molecule has 3 rings (SSSR count). The number of nitrogens with one attached hydrogen (secondary N) is 1. The Morgan fingerprint density at radius 2 is 1.79 bits per heavy atom. The molecule has 0 bridgehead atoms. The summed E-state index contributed by atoms with van der Waals surface area (Å²) in [6.07, 6.45) is 0.816. The second-order valence-electron chi connectivity index (χ2n) is 7.19. The van der Waals surface area contributed by atoms with E-state index in [0.717, 1.165) is 17.5 Å². The Bertz CT molecular complexity index is 1000. The van der Waals surface area contributed by atoms with Crippen LogP contribution in [0.4, 0.5) is 0 Å². The summed E-state index contributed by atoms with van der Waals surface area (Å²) in [6.45, 7) is 6.61. The van der Waals surface area contributed by atoms with E-state index in [1.54, 1.807) is 12.1 Å². The van der Waals surface area contributed by atoms with Crippen LogP contribution in [0.25, 0.3) is 0 Å². The van der Waals surface area contributed by atoms with Crippen molar-refractivity contribution < 1.29 is 9.53 Å². The van der Waals surface area contributed by atoms with E-state index >= 15 is 0 Å². The van der Waals surface area contributed by atoms with E-state index in [9.17, 15) is 4.79 Å². The van der Waals surface area contributed by atoms with E-state index in [1.165, 1.54) is 11.1 Å². The second-order valence-corrected chi connectivity index (χ2v) is 7.59. The van der Waals surface area contributed by atoms with Gasteiger partial charge in [-0.2, -0.15) is 0 Å². The highest BCUT2D eigenvalue weighted by Gasteiger charge is 2.15. The molecule has 4 heteroatoms. The molecular weight excluding hydrogens is 382 g/mol. The minimum absolute atomic E-state index is 0.0329. The summed E-state index contributed by atoms with van der Waals surface area (Å²) < 4.78 is 5.84. The van der Waals surface area contributed by atoms with Crippen molar-refractivity contribution in [1.29, 1.82) is 0 Å². The zero-order valence-corrected chi connectivity index (χ0v) is 17.8. The second kappa shape index (κ2) is 9.62. The van der Waals surface area contributed by atoms with Crippen molar-refractivity contribution in [3.05, 3.63) is 99.6 Å². The summed E-state index contributed by atoms with van der Waals surface area (Å²) in [7, 11) is 0. The molecule has 3 aromatic carbocycles. The maximum absolute atomic E-state index is 12.8. The zero-order valence-electron chi connectivity index (χ0n) is 17.0. The average molecular weight is 408 g/mol. The Morgan fingerprint density at radius 1 is 1.00 bits per heavy atom. The lowest BCUT2D eigenvalue weighted by atomic mass is 9.99. The average Bonchev–Trinajstić information content (AvgIpc) is 2.73. The molecule has 0 heterocycles. The molecule has 0 radical (unpaired) electrons. The van der Waals surface area contributed by atoms with Crippen molar-refractivity contribution in [3.8, 4) is 5.75 Å². The van der Waals surface area contributed by atoms with Crippen molar-refractivity contribution in [1.82, 2.24) is 5.32 Å². The highest BCUT2D eigenvalue weighted by molar-refractivity contribution is 6.31. The van der Waals surface area contributed by atoms with E-state index in [1.807, 2.05) is 36.4 Å². The molecule has 3 aromatic rings. The first-order chi connectivity index (χ1) is 14.0. The summed E-state index contributed by atoms with van der Waals surface area (Å²) in [5, 5.41) is 3.81. The van der Waals surface area contributed by atoms with Gasteiger partial charge in [0.25, 0.3) is 5.91 Å². The van der Waals surface area contributed by atoms with Crippen molar-refractivity contribution in [3.63, 3.8) is 0 Å². The number of halogens is 1. The van der Waals surface area contributed by atoms with Gasteiger partial charge in [0.15, 0.2) is 0 Å².